The monoisotopic (exact) mass is 447 g/mol. The Bertz CT molecular complexity index is 1320. The van der Waals surface area contributed by atoms with Crippen molar-refractivity contribution in [3.05, 3.63) is 87.6 Å². The summed E-state index contributed by atoms with van der Waals surface area (Å²) in [5, 5.41) is 5.28. The standard InChI is InChI=1S/C24H22ClN5O2/c1-15-22(25)16(2)30-23(27-15)19-13-29(14-20(19)28-30)24(31)18-7-3-4-8-21(18)32-11-9-17-6-5-10-26-12-17/h3-8,10,12H,9,11,13-14H2,1-2H3. The van der Waals surface area contributed by atoms with Gasteiger partial charge >= 0.3 is 0 Å². The molecule has 0 bridgehead atoms. The summed E-state index contributed by atoms with van der Waals surface area (Å²) < 4.78 is 7.75. The van der Waals surface area contributed by atoms with Crippen LogP contribution in [0.3, 0.4) is 0 Å². The molecule has 5 rings (SSSR count). The van der Waals surface area contributed by atoms with Crippen molar-refractivity contribution in [3.8, 4) is 5.75 Å². The number of aromatic nitrogens is 4. The van der Waals surface area contributed by atoms with Crippen LogP contribution in [-0.2, 0) is 19.5 Å². The number of benzene rings is 1. The fourth-order valence-electron chi connectivity index (χ4n) is 4.02. The van der Waals surface area contributed by atoms with Crippen LogP contribution in [0.25, 0.3) is 5.65 Å². The second kappa shape index (κ2) is 8.24. The van der Waals surface area contributed by atoms with Gasteiger partial charge < -0.3 is 9.64 Å². The Hall–Kier alpha value is -3.45. The van der Waals surface area contributed by atoms with E-state index in [0.29, 0.717) is 36.0 Å². The fraction of sp³-hybridized carbons (Fsp3) is 0.250. The summed E-state index contributed by atoms with van der Waals surface area (Å²) in [7, 11) is 0. The third kappa shape index (κ3) is 3.58. The van der Waals surface area contributed by atoms with Gasteiger partial charge in [-0.2, -0.15) is 5.10 Å². The van der Waals surface area contributed by atoms with Gasteiger partial charge in [0.1, 0.15) is 5.75 Å². The van der Waals surface area contributed by atoms with E-state index in [1.165, 1.54) is 0 Å². The van der Waals surface area contributed by atoms with Crippen molar-refractivity contribution < 1.29 is 9.53 Å². The van der Waals surface area contributed by atoms with Gasteiger partial charge in [0.15, 0.2) is 5.65 Å². The number of nitrogens with zero attached hydrogens (tertiary/aromatic N) is 5. The first kappa shape index (κ1) is 20.5. The van der Waals surface area contributed by atoms with Crippen molar-refractivity contribution in [2.24, 2.45) is 0 Å². The number of pyridine rings is 1. The molecule has 8 heteroatoms. The van der Waals surface area contributed by atoms with Gasteiger partial charge in [-0.05, 0) is 37.6 Å². The predicted molar refractivity (Wildman–Crippen MR) is 121 cm³/mol. The number of amides is 1. The zero-order valence-electron chi connectivity index (χ0n) is 17.9. The zero-order chi connectivity index (χ0) is 22.2. The third-order valence-corrected chi connectivity index (χ3v) is 6.28. The smallest absolute Gasteiger partial charge is 0.258 e. The molecule has 162 valence electrons. The molecule has 1 aliphatic heterocycles. The lowest BCUT2D eigenvalue weighted by molar-refractivity contribution is 0.0745. The van der Waals surface area contributed by atoms with Crippen LogP contribution < -0.4 is 4.74 Å². The Balaban J connectivity index is 1.34. The average molecular weight is 448 g/mol. The molecule has 0 aliphatic carbocycles. The zero-order valence-corrected chi connectivity index (χ0v) is 18.6. The molecule has 1 amide bonds. The van der Waals surface area contributed by atoms with Crippen LogP contribution in [0, 0.1) is 13.8 Å². The van der Waals surface area contributed by atoms with E-state index in [0.717, 1.165) is 40.3 Å². The number of carbonyl (C=O) groups is 1. The fourth-order valence-corrected chi connectivity index (χ4v) is 4.14. The van der Waals surface area contributed by atoms with E-state index >= 15 is 0 Å². The summed E-state index contributed by atoms with van der Waals surface area (Å²) in [6.45, 7) is 5.15. The number of rotatable bonds is 5. The number of hydrogen-bond acceptors (Lipinski definition) is 5. The van der Waals surface area contributed by atoms with Crippen molar-refractivity contribution in [2.75, 3.05) is 6.61 Å². The van der Waals surface area contributed by atoms with Gasteiger partial charge in [-0.1, -0.05) is 29.8 Å². The Labute approximate surface area is 190 Å². The van der Waals surface area contributed by atoms with Crippen LogP contribution in [0.4, 0.5) is 0 Å². The predicted octanol–water partition coefficient (Wildman–Crippen LogP) is 4.17. The number of para-hydroxylation sites is 1. The van der Waals surface area contributed by atoms with Crippen LogP contribution >= 0.6 is 11.6 Å². The molecule has 32 heavy (non-hydrogen) atoms. The molecule has 0 fully saturated rings. The van der Waals surface area contributed by atoms with Gasteiger partial charge in [0.05, 0.1) is 47.4 Å². The summed E-state index contributed by atoms with van der Waals surface area (Å²) in [5.74, 6) is 0.497. The minimum Gasteiger partial charge on any atom is -0.492 e. The quantitative estimate of drug-likeness (QED) is 0.459. The average Bonchev–Trinajstić information content (AvgIpc) is 3.37. The maximum Gasteiger partial charge on any atom is 0.258 e. The van der Waals surface area contributed by atoms with E-state index in [2.05, 4.69) is 15.1 Å². The molecule has 4 heterocycles. The van der Waals surface area contributed by atoms with E-state index in [9.17, 15) is 4.79 Å². The molecule has 1 aliphatic rings. The first-order valence-corrected chi connectivity index (χ1v) is 10.8. The SMILES string of the molecule is Cc1nc2c3c(nn2c(C)c1Cl)CN(C(=O)c1ccccc1OCCc1cccnc1)C3. The van der Waals surface area contributed by atoms with E-state index < -0.39 is 0 Å². The second-order valence-corrected chi connectivity index (χ2v) is 8.25. The summed E-state index contributed by atoms with van der Waals surface area (Å²) >= 11 is 6.33. The van der Waals surface area contributed by atoms with Crippen LogP contribution in [-0.4, -0.2) is 37.0 Å². The molecule has 0 N–H and O–H groups in total. The number of fused-ring (bicyclic) bond motifs is 3. The van der Waals surface area contributed by atoms with E-state index in [1.807, 2.05) is 50.4 Å². The van der Waals surface area contributed by atoms with Gasteiger partial charge in [0, 0.05) is 24.4 Å². The molecule has 3 aromatic heterocycles. The Morgan fingerprint density at radius 1 is 1.16 bits per heavy atom. The first-order valence-electron chi connectivity index (χ1n) is 10.5. The molecule has 0 spiro atoms. The van der Waals surface area contributed by atoms with Gasteiger partial charge in [-0.25, -0.2) is 9.50 Å². The van der Waals surface area contributed by atoms with Crippen LogP contribution in [0.2, 0.25) is 5.02 Å². The summed E-state index contributed by atoms with van der Waals surface area (Å²) in [4.78, 5) is 23.9. The summed E-state index contributed by atoms with van der Waals surface area (Å²) in [6.07, 6.45) is 4.29. The van der Waals surface area contributed by atoms with Crippen LogP contribution in [0.15, 0.2) is 48.8 Å². The summed E-state index contributed by atoms with van der Waals surface area (Å²) in [5.41, 5.74) is 5.83. The van der Waals surface area contributed by atoms with Crippen molar-refractivity contribution >= 4 is 23.2 Å². The largest absolute Gasteiger partial charge is 0.492 e. The van der Waals surface area contributed by atoms with Gasteiger partial charge in [-0.15, -0.1) is 0 Å². The lowest BCUT2D eigenvalue weighted by Gasteiger charge is -2.18. The van der Waals surface area contributed by atoms with E-state index in [1.54, 1.807) is 21.7 Å². The molecule has 4 aromatic rings. The molecule has 0 atom stereocenters. The Kier molecular flexibility index (Phi) is 5.27. The number of halogens is 1. The molecule has 0 unspecified atom stereocenters. The number of ether oxygens (including phenoxy) is 1. The van der Waals surface area contributed by atoms with Crippen LogP contribution in [0.5, 0.6) is 5.75 Å². The van der Waals surface area contributed by atoms with Gasteiger partial charge in [0.25, 0.3) is 5.91 Å². The maximum absolute atomic E-state index is 13.4. The van der Waals surface area contributed by atoms with Crippen molar-refractivity contribution in [1.29, 1.82) is 0 Å². The van der Waals surface area contributed by atoms with Crippen molar-refractivity contribution in [3.63, 3.8) is 0 Å². The van der Waals surface area contributed by atoms with Gasteiger partial charge in [-0.3, -0.25) is 9.78 Å². The maximum atomic E-state index is 13.4. The highest BCUT2D eigenvalue weighted by Gasteiger charge is 2.31. The highest BCUT2D eigenvalue weighted by Crippen LogP contribution is 2.31. The highest BCUT2D eigenvalue weighted by molar-refractivity contribution is 6.31. The minimum absolute atomic E-state index is 0.0828. The molecule has 1 aromatic carbocycles. The lowest BCUT2D eigenvalue weighted by Crippen LogP contribution is -2.26. The normalized spacial score (nSPS) is 12.9. The van der Waals surface area contributed by atoms with E-state index in [-0.39, 0.29) is 5.91 Å². The topological polar surface area (TPSA) is 72.6 Å². The van der Waals surface area contributed by atoms with Crippen LogP contribution in [0.1, 0.15) is 38.6 Å². The Morgan fingerprint density at radius 3 is 2.81 bits per heavy atom. The third-order valence-electron chi connectivity index (χ3n) is 5.73. The number of carbonyl (C=O) groups excluding carboxylic acids is 1. The lowest BCUT2D eigenvalue weighted by atomic mass is 10.1. The number of aryl methyl sites for hydroxylation is 2. The summed E-state index contributed by atoms with van der Waals surface area (Å²) in [6, 6.07) is 11.3. The molecule has 0 saturated carbocycles. The molecular weight excluding hydrogens is 426 g/mol. The Morgan fingerprint density at radius 2 is 2.00 bits per heavy atom. The first-order chi connectivity index (χ1) is 15.5. The van der Waals surface area contributed by atoms with Crippen molar-refractivity contribution in [2.45, 2.75) is 33.4 Å². The van der Waals surface area contributed by atoms with Gasteiger partial charge in [0.2, 0.25) is 0 Å². The van der Waals surface area contributed by atoms with E-state index in [4.69, 9.17) is 16.3 Å². The number of hydrogen-bond donors (Lipinski definition) is 0. The molecule has 0 radical (unpaired) electrons. The molecule has 0 saturated heterocycles. The molecular formula is C24H22ClN5O2. The highest BCUT2D eigenvalue weighted by atomic mass is 35.5. The second-order valence-electron chi connectivity index (χ2n) is 7.87. The van der Waals surface area contributed by atoms with Crippen molar-refractivity contribution in [1.82, 2.24) is 24.5 Å². The molecule has 7 nitrogen and oxygen atoms in total. The minimum atomic E-state index is -0.0828.